The summed E-state index contributed by atoms with van der Waals surface area (Å²) in [5, 5.41) is 15.4. The summed E-state index contributed by atoms with van der Waals surface area (Å²) < 4.78 is 20.2. The first kappa shape index (κ1) is 17.4. The molecule has 0 radical (unpaired) electrons. The summed E-state index contributed by atoms with van der Waals surface area (Å²) in [5.41, 5.74) is 3.04. The lowest BCUT2D eigenvalue weighted by Gasteiger charge is -2.00. The van der Waals surface area contributed by atoms with Crippen molar-refractivity contribution in [3.63, 3.8) is 0 Å². The zero-order valence-corrected chi connectivity index (χ0v) is 14.5. The summed E-state index contributed by atoms with van der Waals surface area (Å²) in [5.74, 6) is -0.297. The molecular weight excluding hydrogens is 361 g/mol. The van der Waals surface area contributed by atoms with Crippen LogP contribution in [0.1, 0.15) is 11.3 Å². The Hall–Kier alpha value is -4.00. The topological polar surface area (TPSA) is 74.1 Å². The van der Waals surface area contributed by atoms with Gasteiger partial charge in [-0.2, -0.15) is 5.10 Å². The van der Waals surface area contributed by atoms with Gasteiger partial charge in [0.05, 0.1) is 17.4 Å². The van der Waals surface area contributed by atoms with Crippen molar-refractivity contribution < 1.29 is 13.7 Å². The van der Waals surface area contributed by atoms with E-state index in [9.17, 15) is 14.5 Å². The highest BCUT2D eigenvalue weighted by atomic mass is 19.1. The molecule has 28 heavy (non-hydrogen) atoms. The monoisotopic (exact) mass is 375 g/mol. The molecule has 0 atom stereocenters. The van der Waals surface area contributed by atoms with Gasteiger partial charge in [-0.05, 0) is 54.6 Å². The van der Waals surface area contributed by atoms with Gasteiger partial charge in [0.2, 0.25) is 0 Å². The van der Waals surface area contributed by atoms with Crippen LogP contribution in [0.15, 0.2) is 77.3 Å². The van der Waals surface area contributed by atoms with Crippen LogP contribution in [0.5, 0.6) is 0 Å². The lowest BCUT2D eigenvalue weighted by Crippen LogP contribution is -1.94. The number of benzene rings is 2. The lowest BCUT2D eigenvalue weighted by atomic mass is 10.1. The minimum Gasteiger partial charge on any atom is -0.401 e. The molecule has 0 fully saturated rings. The first-order chi connectivity index (χ1) is 13.6. The predicted molar refractivity (Wildman–Crippen MR) is 103 cm³/mol. The minimum atomic E-state index is -0.589. The van der Waals surface area contributed by atoms with Gasteiger partial charge in [0.15, 0.2) is 0 Å². The molecule has 2 aromatic heterocycles. The molecule has 0 aliphatic rings. The first-order valence-electron chi connectivity index (χ1n) is 8.43. The molecule has 2 aromatic carbocycles. The van der Waals surface area contributed by atoms with E-state index in [-0.39, 0.29) is 11.7 Å². The lowest BCUT2D eigenvalue weighted by molar-refractivity contribution is -0.402. The molecular formula is C21H14FN3O3. The largest absolute Gasteiger partial charge is 0.433 e. The minimum absolute atomic E-state index is 0.321. The normalized spacial score (nSPS) is 11.2. The number of nitro groups is 1. The van der Waals surface area contributed by atoms with Crippen LogP contribution in [0, 0.1) is 15.9 Å². The van der Waals surface area contributed by atoms with E-state index >= 15 is 0 Å². The van der Waals surface area contributed by atoms with Crippen molar-refractivity contribution in [1.29, 1.82) is 0 Å². The fraction of sp³-hybridized carbons (Fsp3) is 0. The maximum absolute atomic E-state index is 13.3. The van der Waals surface area contributed by atoms with Crippen LogP contribution in [-0.4, -0.2) is 14.7 Å². The summed E-state index contributed by atoms with van der Waals surface area (Å²) in [6.45, 7) is 0. The third-order valence-electron chi connectivity index (χ3n) is 4.10. The van der Waals surface area contributed by atoms with E-state index in [1.165, 1.54) is 24.3 Å². The average Bonchev–Trinajstić information content (AvgIpc) is 3.35. The van der Waals surface area contributed by atoms with Crippen molar-refractivity contribution in [2.75, 3.05) is 0 Å². The van der Waals surface area contributed by atoms with Crippen molar-refractivity contribution in [3.8, 4) is 16.9 Å². The number of nitrogens with zero attached hydrogens (tertiary/aromatic N) is 3. The molecule has 0 spiro atoms. The van der Waals surface area contributed by atoms with Crippen LogP contribution in [0.4, 0.5) is 10.3 Å². The van der Waals surface area contributed by atoms with Gasteiger partial charge in [-0.3, -0.25) is 10.1 Å². The number of aromatic nitrogens is 2. The molecule has 4 aromatic rings. The second kappa shape index (κ2) is 7.32. The van der Waals surface area contributed by atoms with Crippen molar-refractivity contribution >= 4 is 18.0 Å². The van der Waals surface area contributed by atoms with Gasteiger partial charge in [0.25, 0.3) is 0 Å². The second-order valence-electron chi connectivity index (χ2n) is 5.99. The Morgan fingerprint density at radius 1 is 1.00 bits per heavy atom. The Morgan fingerprint density at radius 3 is 2.43 bits per heavy atom. The van der Waals surface area contributed by atoms with E-state index in [0.29, 0.717) is 11.5 Å². The molecule has 4 rings (SSSR count). The van der Waals surface area contributed by atoms with Crippen molar-refractivity contribution in [2.24, 2.45) is 0 Å². The van der Waals surface area contributed by atoms with E-state index < -0.39 is 4.92 Å². The third kappa shape index (κ3) is 3.59. The second-order valence-corrected chi connectivity index (χ2v) is 5.99. The highest BCUT2D eigenvalue weighted by Gasteiger charge is 2.12. The van der Waals surface area contributed by atoms with E-state index in [0.717, 1.165) is 16.8 Å². The van der Waals surface area contributed by atoms with E-state index in [1.54, 1.807) is 29.0 Å². The highest BCUT2D eigenvalue weighted by molar-refractivity contribution is 5.78. The molecule has 0 amide bonds. The molecule has 0 aliphatic heterocycles. The van der Waals surface area contributed by atoms with Gasteiger partial charge in [-0.25, -0.2) is 9.07 Å². The zero-order chi connectivity index (χ0) is 19.5. The summed E-state index contributed by atoms with van der Waals surface area (Å²) in [6.07, 6.45) is 5.22. The van der Waals surface area contributed by atoms with Gasteiger partial charge >= 0.3 is 5.88 Å². The van der Waals surface area contributed by atoms with E-state index in [4.69, 9.17) is 4.42 Å². The maximum atomic E-state index is 13.3. The SMILES string of the molecule is O=[N+]([O-])c1ccc(/C=C/c2cn(-c3ccccc3)nc2-c2ccc(F)cc2)o1. The highest BCUT2D eigenvalue weighted by Crippen LogP contribution is 2.26. The molecule has 0 saturated heterocycles. The van der Waals surface area contributed by atoms with Crippen molar-refractivity contribution in [2.45, 2.75) is 0 Å². The molecule has 0 aliphatic carbocycles. The van der Waals surface area contributed by atoms with Crippen molar-refractivity contribution in [3.05, 3.63) is 100 Å². The average molecular weight is 375 g/mol. The molecule has 138 valence electrons. The smallest absolute Gasteiger partial charge is 0.401 e. The molecule has 7 heteroatoms. The van der Waals surface area contributed by atoms with Crippen LogP contribution >= 0.6 is 0 Å². The standard InChI is InChI=1S/C21H14FN3O3/c22-17-9-6-15(7-10-17)21-16(8-11-19-12-13-20(28-19)25(26)27)14-24(23-21)18-4-2-1-3-5-18/h1-14H/b11-8+. The van der Waals surface area contributed by atoms with Crippen molar-refractivity contribution in [1.82, 2.24) is 9.78 Å². The third-order valence-corrected chi connectivity index (χ3v) is 4.10. The Morgan fingerprint density at radius 2 is 1.75 bits per heavy atom. The van der Waals surface area contributed by atoms with Crippen LogP contribution in [0.25, 0.3) is 29.1 Å². The van der Waals surface area contributed by atoms with E-state index in [2.05, 4.69) is 5.10 Å². The Kier molecular flexibility index (Phi) is 4.55. The number of hydrogen-bond donors (Lipinski definition) is 0. The van der Waals surface area contributed by atoms with Gasteiger partial charge in [0, 0.05) is 17.3 Å². The number of rotatable bonds is 5. The quantitative estimate of drug-likeness (QED) is 0.348. The molecule has 0 bridgehead atoms. The summed E-state index contributed by atoms with van der Waals surface area (Å²) in [4.78, 5) is 10.2. The summed E-state index contributed by atoms with van der Waals surface area (Å²) in [7, 11) is 0. The van der Waals surface area contributed by atoms with Gasteiger partial charge in [0.1, 0.15) is 16.5 Å². The number of furan rings is 1. The summed E-state index contributed by atoms with van der Waals surface area (Å²) >= 11 is 0. The first-order valence-corrected chi connectivity index (χ1v) is 8.43. The Labute approximate surface area is 159 Å². The zero-order valence-electron chi connectivity index (χ0n) is 14.5. The number of halogens is 1. The van der Waals surface area contributed by atoms with Crippen LogP contribution in [0.3, 0.4) is 0 Å². The molecule has 2 heterocycles. The molecule has 0 saturated carbocycles. The Balaban J connectivity index is 1.75. The molecule has 0 unspecified atom stereocenters. The predicted octanol–water partition coefficient (Wildman–Crippen LogP) is 5.35. The molecule has 6 nitrogen and oxygen atoms in total. The van der Waals surface area contributed by atoms with Gasteiger partial charge in [-0.1, -0.05) is 18.2 Å². The Bertz CT molecular complexity index is 1150. The fourth-order valence-corrected chi connectivity index (χ4v) is 2.76. The van der Waals surface area contributed by atoms with Gasteiger partial charge in [-0.15, -0.1) is 0 Å². The van der Waals surface area contributed by atoms with Crippen LogP contribution in [0.2, 0.25) is 0 Å². The molecule has 0 N–H and O–H groups in total. The number of para-hydroxylation sites is 1. The van der Waals surface area contributed by atoms with Crippen LogP contribution < -0.4 is 0 Å². The van der Waals surface area contributed by atoms with Crippen LogP contribution in [-0.2, 0) is 0 Å². The fourth-order valence-electron chi connectivity index (χ4n) is 2.76. The van der Waals surface area contributed by atoms with E-state index in [1.807, 2.05) is 36.5 Å². The number of hydrogen-bond acceptors (Lipinski definition) is 4. The van der Waals surface area contributed by atoms with Gasteiger partial charge < -0.3 is 4.42 Å². The summed E-state index contributed by atoms with van der Waals surface area (Å²) in [6, 6.07) is 18.5. The maximum Gasteiger partial charge on any atom is 0.433 e.